The smallest absolute Gasteiger partial charge is 0.0449 e. The van der Waals surface area contributed by atoms with E-state index in [-0.39, 0.29) is 0 Å². The van der Waals surface area contributed by atoms with Crippen molar-refractivity contribution in [1.29, 1.82) is 0 Å². The molecule has 0 atom stereocenters. The molecule has 6 aromatic rings. The summed E-state index contributed by atoms with van der Waals surface area (Å²) in [5, 5.41) is 0. The van der Waals surface area contributed by atoms with Crippen molar-refractivity contribution < 1.29 is 0 Å². The van der Waals surface area contributed by atoms with Crippen LogP contribution in [-0.4, -0.2) is 0 Å². The standard InChI is InChI=1S/C34H26S4/c1-21(2)23-5-9-25(10-6-23)27-13-15-29(35-27)31-17-19-33(37-31)34-20-18-32(38-34)30-16-14-28(36-30)26-11-7-24(8-12-26)22(3)4/h5-20H,1,3H2,2,4H3. The molecule has 0 fully saturated rings. The van der Waals surface area contributed by atoms with Crippen molar-refractivity contribution in [3.05, 3.63) is 121 Å². The minimum Gasteiger partial charge on any atom is -0.134 e. The maximum atomic E-state index is 4.04. The van der Waals surface area contributed by atoms with Gasteiger partial charge in [-0.05, 0) is 84.6 Å². The van der Waals surface area contributed by atoms with Gasteiger partial charge in [0.2, 0.25) is 0 Å². The van der Waals surface area contributed by atoms with E-state index in [1.165, 1.54) is 61.3 Å². The topological polar surface area (TPSA) is 0 Å². The molecule has 0 radical (unpaired) electrons. The molecule has 0 bridgehead atoms. The van der Waals surface area contributed by atoms with Crippen LogP contribution in [0.2, 0.25) is 0 Å². The van der Waals surface area contributed by atoms with E-state index in [0.29, 0.717) is 0 Å². The highest BCUT2D eigenvalue weighted by molar-refractivity contribution is 7.29. The van der Waals surface area contributed by atoms with Gasteiger partial charge in [-0.2, -0.15) is 0 Å². The summed E-state index contributed by atoms with van der Waals surface area (Å²) in [5.41, 5.74) is 7.10. The molecule has 0 nitrogen and oxygen atoms in total. The van der Waals surface area contributed by atoms with Crippen molar-refractivity contribution in [3.63, 3.8) is 0 Å². The molecule has 0 saturated heterocycles. The van der Waals surface area contributed by atoms with Crippen molar-refractivity contribution in [2.24, 2.45) is 0 Å². The van der Waals surface area contributed by atoms with Crippen molar-refractivity contribution in [3.8, 4) is 50.1 Å². The molecule has 4 heterocycles. The molecule has 0 saturated carbocycles. The van der Waals surface area contributed by atoms with Crippen LogP contribution < -0.4 is 0 Å². The lowest BCUT2D eigenvalue weighted by Gasteiger charge is -2.01. The number of rotatable bonds is 7. The maximum absolute atomic E-state index is 4.04. The van der Waals surface area contributed by atoms with Crippen molar-refractivity contribution >= 4 is 56.5 Å². The number of allylic oxidation sites excluding steroid dienone is 2. The van der Waals surface area contributed by atoms with Crippen LogP contribution in [0.25, 0.3) is 61.3 Å². The van der Waals surface area contributed by atoms with Crippen LogP contribution in [0.15, 0.2) is 110 Å². The maximum Gasteiger partial charge on any atom is 0.0449 e. The monoisotopic (exact) mass is 562 g/mol. The van der Waals surface area contributed by atoms with E-state index in [1.807, 2.05) is 59.2 Å². The first-order valence-electron chi connectivity index (χ1n) is 12.4. The highest BCUT2D eigenvalue weighted by Gasteiger charge is 2.13. The average molecular weight is 563 g/mol. The van der Waals surface area contributed by atoms with E-state index in [2.05, 4.69) is 110 Å². The second-order valence-electron chi connectivity index (χ2n) is 9.37. The third-order valence-corrected chi connectivity index (χ3v) is 11.5. The molecule has 0 spiro atoms. The molecular formula is C34H26S4. The Labute approximate surface area is 240 Å². The molecule has 2 aromatic carbocycles. The lowest BCUT2D eigenvalue weighted by atomic mass is 10.1. The van der Waals surface area contributed by atoms with Crippen LogP contribution >= 0.6 is 45.3 Å². The van der Waals surface area contributed by atoms with E-state index in [4.69, 9.17) is 0 Å². The van der Waals surface area contributed by atoms with E-state index in [1.54, 1.807) is 0 Å². The van der Waals surface area contributed by atoms with E-state index >= 15 is 0 Å². The lowest BCUT2D eigenvalue weighted by molar-refractivity contribution is 1.58. The molecule has 0 aliphatic heterocycles. The van der Waals surface area contributed by atoms with Crippen molar-refractivity contribution in [2.45, 2.75) is 13.8 Å². The number of thiophene rings is 4. The zero-order valence-electron chi connectivity index (χ0n) is 21.3. The van der Waals surface area contributed by atoms with Gasteiger partial charge in [0, 0.05) is 39.0 Å². The fourth-order valence-corrected chi connectivity index (χ4v) is 8.60. The Morgan fingerprint density at radius 2 is 0.605 bits per heavy atom. The first-order chi connectivity index (χ1) is 18.4. The van der Waals surface area contributed by atoms with Gasteiger partial charge >= 0.3 is 0 Å². The molecule has 0 aliphatic rings. The summed E-state index contributed by atoms with van der Waals surface area (Å²) in [6, 6.07) is 35.4. The van der Waals surface area contributed by atoms with Crippen LogP contribution in [0.4, 0.5) is 0 Å². The molecular weight excluding hydrogens is 537 g/mol. The zero-order chi connectivity index (χ0) is 26.2. The zero-order valence-corrected chi connectivity index (χ0v) is 24.6. The molecule has 186 valence electrons. The average Bonchev–Trinajstić information content (AvgIpc) is 3.74. The number of hydrogen-bond donors (Lipinski definition) is 0. The Kier molecular flexibility index (Phi) is 6.89. The highest BCUT2D eigenvalue weighted by atomic mass is 32.1. The third-order valence-electron chi connectivity index (χ3n) is 6.48. The van der Waals surface area contributed by atoms with Gasteiger partial charge in [-0.3, -0.25) is 0 Å². The van der Waals surface area contributed by atoms with Crippen LogP contribution in [-0.2, 0) is 0 Å². The van der Waals surface area contributed by atoms with Crippen LogP contribution in [0.3, 0.4) is 0 Å². The molecule has 6 rings (SSSR count). The SMILES string of the molecule is C=C(C)c1ccc(-c2ccc(-c3ccc(-c4ccc(-c5ccc(-c6ccc(C(=C)C)cc6)s5)s4)s3)s2)cc1. The van der Waals surface area contributed by atoms with Gasteiger partial charge in [0.05, 0.1) is 0 Å². The number of benzene rings is 2. The summed E-state index contributed by atoms with van der Waals surface area (Å²) in [7, 11) is 0. The molecule has 38 heavy (non-hydrogen) atoms. The Morgan fingerprint density at radius 3 is 0.868 bits per heavy atom. The Bertz CT molecular complexity index is 1620. The first-order valence-corrected chi connectivity index (χ1v) is 15.6. The van der Waals surface area contributed by atoms with Gasteiger partial charge in [-0.1, -0.05) is 72.8 Å². The summed E-state index contributed by atoms with van der Waals surface area (Å²) >= 11 is 7.46. The lowest BCUT2D eigenvalue weighted by Crippen LogP contribution is -1.77. The van der Waals surface area contributed by atoms with Crippen LogP contribution in [0, 0.1) is 0 Å². The van der Waals surface area contributed by atoms with Crippen molar-refractivity contribution in [1.82, 2.24) is 0 Å². The Morgan fingerprint density at radius 1 is 0.368 bits per heavy atom. The second kappa shape index (κ2) is 10.5. The third kappa shape index (κ3) is 5.05. The van der Waals surface area contributed by atoms with Crippen LogP contribution in [0.5, 0.6) is 0 Å². The van der Waals surface area contributed by atoms with E-state index in [9.17, 15) is 0 Å². The van der Waals surface area contributed by atoms with Gasteiger partial charge in [0.15, 0.2) is 0 Å². The normalized spacial score (nSPS) is 11.1. The van der Waals surface area contributed by atoms with Gasteiger partial charge in [-0.25, -0.2) is 0 Å². The fourth-order valence-electron chi connectivity index (χ4n) is 4.29. The van der Waals surface area contributed by atoms with E-state index < -0.39 is 0 Å². The van der Waals surface area contributed by atoms with Gasteiger partial charge in [0.1, 0.15) is 0 Å². The van der Waals surface area contributed by atoms with Gasteiger partial charge in [-0.15, -0.1) is 45.3 Å². The highest BCUT2D eigenvalue weighted by Crippen LogP contribution is 2.44. The van der Waals surface area contributed by atoms with Gasteiger partial charge < -0.3 is 0 Å². The summed E-state index contributed by atoms with van der Waals surface area (Å²) in [6.07, 6.45) is 0. The largest absolute Gasteiger partial charge is 0.134 e. The summed E-state index contributed by atoms with van der Waals surface area (Å²) in [4.78, 5) is 10.5. The van der Waals surface area contributed by atoms with Crippen LogP contribution in [0.1, 0.15) is 25.0 Å². The quantitative estimate of drug-likeness (QED) is 0.181. The first kappa shape index (κ1) is 25.0. The van der Waals surface area contributed by atoms with Gasteiger partial charge in [0.25, 0.3) is 0 Å². The molecule has 4 aromatic heterocycles. The summed E-state index contributed by atoms with van der Waals surface area (Å²) in [6.45, 7) is 12.2. The Balaban J connectivity index is 1.19. The molecule has 0 unspecified atom stereocenters. The predicted octanol–water partition coefficient (Wildman–Crippen LogP) is 12.3. The Hall–Kier alpha value is -3.28. The number of hydrogen-bond acceptors (Lipinski definition) is 4. The van der Waals surface area contributed by atoms with E-state index in [0.717, 1.165) is 11.1 Å². The molecule has 0 N–H and O–H groups in total. The minimum atomic E-state index is 1.10. The molecule has 0 amide bonds. The predicted molar refractivity (Wildman–Crippen MR) is 175 cm³/mol. The summed E-state index contributed by atoms with van der Waals surface area (Å²) < 4.78 is 0. The van der Waals surface area contributed by atoms with Crippen molar-refractivity contribution in [2.75, 3.05) is 0 Å². The second-order valence-corrected chi connectivity index (χ2v) is 13.7. The fraction of sp³-hybridized carbons (Fsp3) is 0.0588. The molecule has 0 aliphatic carbocycles. The molecule has 4 heteroatoms. The minimum absolute atomic E-state index is 1.10. The summed E-state index contributed by atoms with van der Waals surface area (Å²) in [5.74, 6) is 0.